The number of carbonyl (C=O) groups excluding carboxylic acids is 3. The van der Waals surface area contributed by atoms with E-state index in [0.717, 1.165) is 127 Å². The summed E-state index contributed by atoms with van der Waals surface area (Å²) < 4.78 is 38.7. The first-order valence-electron chi connectivity index (χ1n) is 30.4. The number of terminal acetylenes is 1. The molecule has 1 aromatic heterocycles. The van der Waals surface area contributed by atoms with Crippen molar-refractivity contribution in [1.29, 1.82) is 0 Å². The molecule has 8 aliphatic heterocycles. The second-order valence-electron chi connectivity index (χ2n) is 23.0. The largest absolute Gasteiger partial charge is 0.400 e. The summed E-state index contributed by atoms with van der Waals surface area (Å²) in [5.74, 6) is 2.71. The molecule has 3 aromatic carbocycles. The number of allylic oxidation sites excluding steroid dienone is 2. The smallest absolute Gasteiger partial charge is 0.329 e. The molecule has 19 heteroatoms. The third-order valence-corrected chi connectivity index (χ3v) is 18.2. The number of aliphatic hydroxyl groups is 1. The molecular weight excluding hydrogens is 1070 g/mol. The average molecular weight is 1160 g/mol. The molecule has 2 bridgehead atoms. The standard InChI is InChI=1S/C27H37N5O4.C26H23F2N5.C9H17NO.C2H6.CH4O/c1-29-24-16-21(4-5-22(24)32(27(29)36)23-6-7-25(34)28-26(23)35)17-30-12-8-19(9-13-30)2-3-20-10-14-31(18-33)15-11-20;1-4-18-21(27)11-8-15-6-5-7-19(22(15)18)25-23(28)24(29-2)20(12-31-25)26(30-3)33-13-16-9-10-17(14-33)32-16;1-11-7-9-5-4-8-3-2-6-10(8)9;2*1-2/h4-5,16,18-20,23H,2-3,6-15,17H2,1H3,(H,28,34,35);1,5-8,11-12,16-17,32H,3,9-10,13-14H2,2H3;8-9H,2-7H2,1H3;1-2H3;2H,1H3/b;26-20+,29-24?;;;. The number of rotatable bonds is 12. The Bertz CT molecular complexity index is 3200. The van der Waals surface area contributed by atoms with E-state index in [1.165, 1.54) is 81.2 Å². The number of carbonyl (C=O) groups is 3. The summed E-state index contributed by atoms with van der Waals surface area (Å²) in [5.41, 5.74) is 3.68. The molecule has 7 fully saturated rings. The van der Waals surface area contributed by atoms with E-state index in [1.807, 2.05) is 38.0 Å². The molecule has 8 aliphatic rings. The number of aliphatic hydroxyl groups excluding tert-OH is 1. The van der Waals surface area contributed by atoms with Gasteiger partial charge in [-0.05, 0) is 138 Å². The highest BCUT2D eigenvalue weighted by molar-refractivity contribution is 6.29. The van der Waals surface area contributed by atoms with Crippen molar-refractivity contribution < 1.29 is 33.0 Å². The first-order chi connectivity index (χ1) is 40.9. The minimum Gasteiger partial charge on any atom is -0.400 e. The van der Waals surface area contributed by atoms with E-state index < -0.39 is 23.6 Å². The van der Waals surface area contributed by atoms with Crippen molar-refractivity contribution in [2.24, 2.45) is 33.9 Å². The average Bonchev–Trinajstić information content (AvgIpc) is 2.67. The predicted molar refractivity (Wildman–Crippen MR) is 330 cm³/mol. The number of ether oxygens (including phenoxy) is 1. The topological polar surface area (TPSA) is 182 Å². The van der Waals surface area contributed by atoms with Crippen LogP contribution in [0.25, 0.3) is 27.5 Å². The molecule has 0 aliphatic carbocycles. The van der Waals surface area contributed by atoms with Crippen LogP contribution in [-0.4, -0.2) is 169 Å². The fourth-order valence-corrected chi connectivity index (χ4v) is 13.9. The maximum Gasteiger partial charge on any atom is 0.329 e. The number of methoxy groups -OCH3 is 1. The summed E-state index contributed by atoms with van der Waals surface area (Å²) in [5, 5.41) is 14.1. The van der Waals surface area contributed by atoms with Gasteiger partial charge < -0.3 is 25.0 Å². The van der Waals surface area contributed by atoms with Crippen LogP contribution in [0.3, 0.4) is 0 Å². The first-order valence-corrected chi connectivity index (χ1v) is 30.4. The molecule has 3 N–H and O–H groups in total. The molecule has 12 rings (SSSR count). The van der Waals surface area contributed by atoms with Crippen LogP contribution < -0.4 is 16.3 Å². The lowest BCUT2D eigenvalue weighted by Gasteiger charge is -2.35. The number of piperazine rings is 1. The molecule has 0 saturated carbocycles. The van der Waals surface area contributed by atoms with Crippen molar-refractivity contribution in [3.05, 3.63) is 98.7 Å². The number of nitrogens with one attached hydrogen (secondary N) is 2. The highest BCUT2D eigenvalue weighted by Crippen LogP contribution is 2.37. The number of halogens is 2. The molecule has 4 aromatic rings. The Morgan fingerprint density at radius 3 is 2.24 bits per heavy atom. The molecule has 5 atom stereocenters. The molecule has 0 spiro atoms. The lowest BCUT2D eigenvalue weighted by Crippen LogP contribution is -2.50. The van der Waals surface area contributed by atoms with Gasteiger partial charge in [-0.15, -0.1) is 6.42 Å². The molecule has 7 saturated heterocycles. The van der Waals surface area contributed by atoms with E-state index in [0.29, 0.717) is 46.2 Å². The van der Waals surface area contributed by atoms with Crippen LogP contribution in [0.5, 0.6) is 0 Å². The maximum absolute atomic E-state index is 15.9. The van der Waals surface area contributed by atoms with Gasteiger partial charge in [0.25, 0.3) is 0 Å². The Labute approximate surface area is 494 Å². The van der Waals surface area contributed by atoms with Gasteiger partial charge in [-0.1, -0.05) is 62.9 Å². The monoisotopic (exact) mass is 1160 g/mol. The van der Waals surface area contributed by atoms with Crippen LogP contribution in [0.1, 0.15) is 126 Å². The summed E-state index contributed by atoms with van der Waals surface area (Å²) >= 11 is 0. The van der Waals surface area contributed by atoms with Crippen LogP contribution >= 0.6 is 0 Å². The van der Waals surface area contributed by atoms with E-state index in [1.54, 1.807) is 36.0 Å². The number of amides is 3. The summed E-state index contributed by atoms with van der Waals surface area (Å²) in [6.45, 7) is 16.4. The number of hydrogen-bond acceptors (Lipinski definition) is 13. The summed E-state index contributed by atoms with van der Waals surface area (Å²) in [7, 11) is 6.08. The van der Waals surface area contributed by atoms with Gasteiger partial charge in [-0.25, -0.2) is 18.6 Å². The van der Waals surface area contributed by atoms with E-state index in [-0.39, 0.29) is 35.0 Å². The number of imidazole rings is 1. The minimum absolute atomic E-state index is 0.0656. The summed E-state index contributed by atoms with van der Waals surface area (Å²) in [4.78, 5) is 69.9. The van der Waals surface area contributed by atoms with Gasteiger partial charge >= 0.3 is 5.69 Å². The Balaban J connectivity index is 0.000000177. The third-order valence-electron chi connectivity index (χ3n) is 18.2. The van der Waals surface area contributed by atoms with E-state index in [2.05, 4.69) is 65.1 Å². The fourth-order valence-electron chi connectivity index (χ4n) is 13.9. The van der Waals surface area contributed by atoms with Gasteiger partial charge in [0.05, 0.1) is 28.8 Å². The van der Waals surface area contributed by atoms with Crippen LogP contribution in [0.15, 0.2) is 85.5 Å². The fraction of sp³-hybridized carbons (Fsp3) is 0.554. The number of aryl methyl sites for hydroxylation is 1. The Morgan fingerprint density at radius 2 is 1.60 bits per heavy atom. The van der Waals surface area contributed by atoms with Gasteiger partial charge in [0.1, 0.15) is 29.1 Å². The number of hydrogen-bond donors (Lipinski definition) is 3. The highest BCUT2D eigenvalue weighted by Gasteiger charge is 2.38. The second kappa shape index (κ2) is 29.9. The zero-order valence-corrected chi connectivity index (χ0v) is 50.1. The number of nitrogens with zero attached hydrogens (tertiary/aromatic N) is 9. The van der Waals surface area contributed by atoms with Crippen molar-refractivity contribution in [3.63, 3.8) is 0 Å². The maximum atomic E-state index is 15.9. The summed E-state index contributed by atoms with van der Waals surface area (Å²) in [6, 6.07) is 16.0. The number of aromatic nitrogens is 2. The minimum atomic E-state index is -0.652. The van der Waals surface area contributed by atoms with Gasteiger partial charge in [0, 0.05) is 109 Å². The van der Waals surface area contributed by atoms with Crippen molar-refractivity contribution >= 4 is 64.4 Å². The normalized spacial score (nSPS) is 24.7. The summed E-state index contributed by atoms with van der Waals surface area (Å²) in [6.07, 6.45) is 23.9. The molecule has 84 heavy (non-hydrogen) atoms. The van der Waals surface area contributed by atoms with Crippen molar-refractivity contribution in [2.45, 2.75) is 140 Å². The molecular formula is C65H87F2N11O6. The van der Waals surface area contributed by atoms with Crippen LogP contribution in [0.2, 0.25) is 0 Å². The molecule has 9 heterocycles. The number of benzene rings is 3. The van der Waals surface area contributed by atoms with Gasteiger partial charge in [-0.2, -0.15) is 0 Å². The lowest BCUT2D eigenvalue weighted by molar-refractivity contribution is -0.135. The van der Waals surface area contributed by atoms with Gasteiger partial charge in [0.2, 0.25) is 18.2 Å². The molecule has 5 unspecified atom stereocenters. The van der Waals surface area contributed by atoms with E-state index >= 15 is 4.39 Å². The van der Waals surface area contributed by atoms with Crippen LogP contribution in [0.4, 0.5) is 8.78 Å². The Hall–Kier alpha value is -6.69. The Kier molecular flexibility index (Phi) is 22.5. The van der Waals surface area contributed by atoms with Crippen LogP contribution in [0, 0.1) is 30.0 Å². The highest BCUT2D eigenvalue weighted by atomic mass is 19.1. The zero-order valence-electron chi connectivity index (χ0n) is 50.1. The number of imide groups is 1. The van der Waals surface area contributed by atoms with Crippen molar-refractivity contribution in [2.75, 3.05) is 73.7 Å². The lowest BCUT2D eigenvalue weighted by atomic mass is 9.85. The number of fused-ring (bicyclic) bond motifs is 5. The molecule has 0 radical (unpaired) electrons. The van der Waals surface area contributed by atoms with Crippen molar-refractivity contribution in [1.82, 2.24) is 39.4 Å². The van der Waals surface area contributed by atoms with Crippen molar-refractivity contribution in [3.8, 4) is 12.3 Å². The zero-order chi connectivity index (χ0) is 60.0. The number of piperidine rings is 3. The molecule has 3 amide bonds. The van der Waals surface area contributed by atoms with Gasteiger partial charge in [-0.3, -0.25) is 48.6 Å². The number of likely N-dealkylation sites (tertiary alicyclic amines) is 3. The second-order valence-corrected chi connectivity index (χ2v) is 23.0. The van der Waals surface area contributed by atoms with E-state index in [9.17, 15) is 23.6 Å². The Morgan fingerprint density at radius 1 is 0.893 bits per heavy atom. The molecule has 17 nitrogen and oxygen atoms in total. The molecule has 452 valence electrons. The quantitative estimate of drug-likeness (QED) is 0.0542. The van der Waals surface area contributed by atoms with Crippen LogP contribution in [-0.2, 0) is 32.7 Å². The first kappa shape index (κ1) is 63.3. The van der Waals surface area contributed by atoms with Gasteiger partial charge in [0.15, 0.2) is 5.83 Å². The van der Waals surface area contributed by atoms with E-state index in [4.69, 9.17) is 16.3 Å². The SMILES string of the molecule is C#Cc1c(F)ccc2cccc(C3=C(F)C(=NC)/C(=C(\N=C)N4CC5CCC(C4)N5)C=N3)c12.CC.CO.COCC1CCC2CCCN21.Cn1c(=O)n(C2CCC(=O)NC2=O)c2ccc(CN3CCC(CCC4CCN(C=O)CC4)CC3)cc21. The predicted octanol–water partition coefficient (Wildman–Crippen LogP) is 8.17. The number of aliphatic imine (C=N–C) groups is 3. The third kappa shape index (κ3) is 14.2.